The minimum atomic E-state index is -3.96. The molecule has 0 fully saturated rings. The number of benzene rings is 2. The van der Waals surface area contributed by atoms with Crippen molar-refractivity contribution >= 4 is 33.1 Å². The first-order valence-corrected chi connectivity index (χ1v) is 9.33. The predicted molar refractivity (Wildman–Crippen MR) is 96.0 cm³/mol. The Morgan fingerprint density at radius 1 is 1.04 bits per heavy atom. The van der Waals surface area contributed by atoms with Crippen LogP contribution >= 0.6 is 11.6 Å². The van der Waals surface area contributed by atoms with E-state index in [0.717, 1.165) is 0 Å². The number of carbonyl (C=O) groups excluding carboxylic acids is 1. The van der Waals surface area contributed by atoms with Gasteiger partial charge in [-0.1, -0.05) is 35.9 Å². The molecule has 1 aliphatic carbocycles. The molecule has 0 heterocycles. The summed E-state index contributed by atoms with van der Waals surface area (Å²) in [6.07, 6.45) is 1.28. The van der Waals surface area contributed by atoms with Crippen molar-refractivity contribution in [3.63, 3.8) is 0 Å². The highest BCUT2D eigenvalue weighted by Crippen LogP contribution is 2.26. The van der Waals surface area contributed by atoms with E-state index in [0.29, 0.717) is 23.5 Å². The SMILES string of the molecule is CCOc1ccc(S(=O)(=O)N=C2C=C(Cl)C(=O)c3ccccc32)cc1. The summed E-state index contributed by atoms with van der Waals surface area (Å²) in [6.45, 7) is 2.33. The summed E-state index contributed by atoms with van der Waals surface area (Å²) < 4.78 is 34.3. The average molecular weight is 376 g/mol. The van der Waals surface area contributed by atoms with Gasteiger partial charge < -0.3 is 4.74 Å². The van der Waals surface area contributed by atoms with E-state index < -0.39 is 10.0 Å². The summed E-state index contributed by atoms with van der Waals surface area (Å²) in [6, 6.07) is 12.6. The number of ketones is 1. The topological polar surface area (TPSA) is 72.8 Å². The minimum absolute atomic E-state index is 0.0300. The zero-order valence-corrected chi connectivity index (χ0v) is 14.8. The van der Waals surface area contributed by atoms with E-state index in [1.165, 1.54) is 18.2 Å². The summed E-state index contributed by atoms with van der Waals surface area (Å²) in [4.78, 5) is 12.1. The molecular formula is C18H14ClNO4S. The Morgan fingerprint density at radius 3 is 2.32 bits per heavy atom. The van der Waals surface area contributed by atoms with Crippen LogP contribution in [-0.2, 0) is 10.0 Å². The Labute approximate surface area is 150 Å². The molecule has 0 N–H and O–H groups in total. The van der Waals surface area contributed by atoms with E-state index in [1.54, 1.807) is 36.4 Å². The highest BCUT2D eigenvalue weighted by Gasteiger charge is 2.25. The molecule has 0 saturated heterocycles. The second kappa shape index (κ2) is 6.82. The van der Waals surface area contributed by atoms with Crippen LogP contribution in [0.3, 0.4) is 0 Å². The molecule has 0 spiro atoms. The number of halogens is 1. The van der Waals surface area contributed by atoms with Crippen LogP contribution < -0.4 is 4.74 Å². The molecule has 0 aliphatic heterocycles. The molecule has 0 atom stereocenters. The van der Waals surface area contributed by atoms with Crippen molar-refractivity contribution in [2.24, 2.45) is 4.40 Å². The molecule has 0 bridgehead atoms. The molecule has 128 valence electrons. The Kier molecular flexibility index (Phi) is 4.74. The normalized spacial score (nSPS) is 15.7. The minimum Gasteiger partial charge on any atom is -0.494 e. The summed E-state index contributed by atoms with van der Waals surface area (Å²) in [5.74, 6) is 0.223. The summed E-state index contributed by atoms with van der Waals surface area (Å²) in [7, 11) is -3.96. The van der Waals surface area contributed by atoms with Crippen molar-refractivity contribution in [1.29, 1.82) is 0 Å². The number of rotatable bonds is 4. The molecule has 7 heteroatoms. The maximum Gasteiger partial charge on any atom is 0.282 e. The van der Waals surface area contributed by atoms with Crippen LogP contribution in [0.15, 0.2) is 68.9 Å². The Morgan fingerprint density at radius 2 is 1.68 bits per heavy atom. The van der Waals surface area contributed by atoms with Gasteiger partial charge in [-0.25, -0.2) is 0 Å². The Balaban J connectivity index is 2.05. The zero-order valence-electron chi connectivity index (χ0n) is 13.3. The fourth-order valence-electron chi connectivity index (χ4n) is 2.43. The van der Waals surface area contributed by atoms with Gasteiger partial charge in [-0.3, -0.25) is 4.79 Å². The van der Waals surface area contributed by atoms with Gasteiger partial charge >= 0.3 is 0 Å². The van der Waals surface area contributed by atoms with Crippen molar-refractivity contribution < 1.29 is 17.9 Å². The fourth-order valence-corrected chi connectivity index (χ4v) is 3.63. The number of sulfonamides is 1. The quantitative estimate of drug-likeness (QED) is 0.818. The van der Waals surface area contributed by atoms with Crippen molar-refractivity contribution in [2.45, 2.75) is 11.8 Å². The van der Waals surface area contributed by atoms with Gasteiger partial charge in [0.2, 0.25) is 5.78 Å². The Hall–Kier alpha value is -2.44. The molecule has 3 rings (SSSR count). The predicted octanol–water partition coefficient (Wildman–Crippen LogP) is 3.58. The van der Waals surface area contributed by atoms with Gasteiger partial charge in [0.1, 0.15) is 5.75 Å². The van der Waals surface area contributed by atoms with Gasteiger partial charge in [-0.05, 0) is 37.3 Å². The number of carbonyl (C=O) groups is 1. The van der Waals surface area contributed by atoms with Gasteiger partial charge in [-0.2, -0.15) is 12.8 Å². The van der Waals surface area contributed by atoms with E-state index >= 15 is 0 Å². The fraction of sp³-hybridized carbons (Fsp3) is 0.111. The van der Waals surface area contributed by atoms with E-state index in [2.05, 4.69) is 4.40 Å². The number of Topliss-reactive ketones (excluding diaryl/α,β-unsaturated/α-hetero) is 1. The van der Waals surface area contributed by atoms with E-state index in [1.807, 2.05) is 6.92 Å². The van der Waals surface area contributed by atoms with E-state index in [9.17, 15) is 13.2 Å². The number of ether oxygens (including phenoxy) is 1. The van der Waals surface area contributed by atoms with Crippen LogP contribution in [0.25, 0.3) is 0 Å². The van der Waals surface area contributed by atoms with Crippen molar-refractivity contribution in [3.05, 3.63) is 70.8 Å². The molecule has 0 aromatic heterocycles. The van der Waals surface area contributed by atoms with Crippen LogP contribution in [0, 0.1) is 0 Å². The molecule has 0 radical (unpaired) electrons. The second-order valence-electron chi connectivity index (χ2n) is 5.22. The number of hydrogen-bond acceptors (Lipinski definition) is 4. The third-order valence-corrected chi connectivity index (χ3v) is 5.16. The second-order valence-corrected chi connectivity index (χ2v) is 7.23. The maximum absolute atomic E-state index is 12.6. The lowest BCUT2D eigenvalue weighted by Gasteiger charge is -2.14. The summed E-state index contributed by atoms with van der Waals surface area (Å²) in [5, 5.41) is -0.0701. The smallest absolute Gasteiger partial charge is 0.282 e. The molecule has 5 nitrogen and oxygen atoms in total. The highest BCUT2D eigenvalue weighted by atomic mass is 35.5. The molecule has 0 saturated carbocycles. The third kappa shape index (κ3) is 3.50. The standard InChI is InChI=1S/C18H14ClNO4S/c1-2-24-12-7-9-13(10-8-12)25(22,23)20-17-11-16(19)18(21)15-6-4-3-5-14(15)17/h3-11H,2H2,1H3. The van der Waals surface area contributed by atoms with Crippen molar-refractivity contribution in [2.75, 3.05) is 6.61 Å². The van der Waals surface area contributed by atoms with Crippen molar-refractivity contribution in [1.82, 2.24) is 0 Å². The number of hydrogen-bond donors (Lipinski definition) is 0. The van der Waals surface area contributed by atoms with Crippen LogP contribution in [0.4, 0.5) is 0 Å². The van der Waals surface area contributed by atoms with Crippen LogP contribution in [0.1, 0.15) is 22.8 Å². The molecule has 1 aliphatic rings. The molecule has 0 amide bonds. The number of nitrogens with zero attached hydrogens (tertiary/aromatic N) is 1. The lowest BCUT2D eigenvalue weighted by atomic mass is 9.94. The molecule has 2 aromatic carbocycles. The molecular weight excluding hydrogens is 362 g/mol. The summed E-state index contributed by atoms with van der Waals surface area (Å²) >= 11 is 5.94. The largest absolute Gasteiger partial charge is 0.494 e. The lowest BCUT2D eigenvalue weighted by Crippen LogP contribution is -2.16. The third-order valence-electron chi connectivity index (χ3n) is 3.58. The highest BCUT2D eigenvalue weighted by molar-refractivity contribution is 7.90. The van der Waals surface area contributed by atoms with Crippen LogP contribution in [0.2, 0.25) is 0 Å². The van der Waals surface area contributed by atoms with Gasteiger partial charge in [0, 0.05) is 11.1 Å². The molecule has 25 heavy (non-hydrogen) atoms. The first kappa shape index (κ1) is 17.4. The Bertz CT molecular complexity index is 992. The zero-order chi connectivity index (χ0) is 18.0. The molecule has 2 aromatic rings. The molecule has 0 unspecified atom stereocenters. The summed E-state index contributed by atoms with van der Waals surface area (Å²) in [5.41, 5.74) is 0.899. The van der Waals surface area contributed by atoms with Gasteiger partial charge in [0.25, 0.3) is 10.0 Å². The van der Waals surface area contributed by atoms with Crippen LogP contribution in [-0.4, -0.2) is 26.5 Å². The van der Waals surface area contributed by atoms with Gasteiger partial charge in [-0.15, -0.1) is 0 Å². The van der Waals surface area contributed by atoms with E-state index in [4.69, 9.17) is 16.3 Å². The first-order chi connectivity index (χ1) is 11.9. The van der Waals surface area contributed by atoms with Crippen LogP contribution in [0.5, 0.6) is 5.75 Å². The number of fused-ring (bicyclic) bond motifs is 1. The number of allylic oxidation sites excluding steroid dienone is 2. The van der Waals surface area contributed by atoms with Gasteiger partial charge in [0.05, 0.1) is 22.2 Å². The average Bonchev–Trinajstić information content (AvgIpc) is 2.60. The van der Waals surface area contributed by atoms with Crippen molar-refractivity contribution in [3.8, 4) is 5.75 Å². The van der Waals surface area contributed by atoms with Gasteiger partial charge in [0.15, 0.2) is 0 Å². The first-order valence-electron chi connectivity index (χ1n) is 7.51. The lowest BCUT2D eigenvalue weighted by molar-refractivity contribution is 0.104. The monoisotopic (exact) mass is 375 g/mol. The maximum atomic E-state index is 12.6. The van der Waals surface area contributed by atoms with E-state index in [-0.39, 0.29) is 21.4 Å².